The molecule has 8 heteroatoms. The maximum Gasteiger partial charge on any atom is 0.258 e. The predicted molar refractivity (Wildman–Crippen MR) is 128 cm³/mol. The summed E-state index contributed by atoms with van der Waals surface area (Å²) >= 11 is 0. The fraction of sp³-hybridized carbons (Fsp3) is 0.280. The molecule has 0 spiro atoms. The molecule has 0 saturated carbocycles. The lowest BCUT2D eigenvalue weighted by Gasteiger charge is -2.24. The third kappa shape index (κ3) is 3.41. The van der Waals surface area contributed by atoms with E-state index < -0.39 is 16.1 Å². The van der Waals surface area contributed by atoms with E-state index in [1.165, 1.54) is 4.31 Å². The summed E-state index contributed by atoms with van der Waals surface area (Å²) in [5.41, 5.74) is 2.99. The second-order valence-electron chi connectivity index (χ2n) is 8.49. The molecule has 0 radical (unpaired) electrons. The maximum absolute atomic E-state index is 13.3. The molecule has 1 N–H and O–H groups in total. The molecule has 1 saturated heterocycles. The van der Waals surface area contributed by atoms with E-state index in [0.29, 0.717) is 37.2 Å². The second kappa shape index (κ2) is 7.97. The van der Waals surface area contributed by atoms with Crippen LogP contribution in [0.2, 0.25) is 0 Å². The van der Waals surface area contributed by atoms with Gasteiger partial charge in [-0.15, -0.1) is 0 Å². The lowest BCUT2D eigenvalue weighted by atomic mass is 10.0. The minimum atomic E-state index is -3.78. The summed E-state index contributed by atoms with van der Waals surface area (Å²) in [5.74, 6) is -0.409. The molecule has 3 aromatic carbocycles. The Hall–Kier alpha value is -3.23. The molecule has 3 aromatic rings. The number of carbonyl (C=O) groups excluding carboxylic acids is 2. The molecule has 2 amide bonds. The fourth-order valence-electron chi connectivity index (χ4n) is 4.82. The fourth-order valence-corrected chi connectivity index (χ4v) is 6.48. The van der Waals surface area contributed by atoms with Gasteiger partial charge in [0.25, 0.3) is 5.91 Å². The molecular formula is C25H25N3O4S. The Bertz CT molecular complexity index is 1380. The number of rotatable bonds is 5. The highest BCUT2D eigenvalue weighted by Crippen LogP contribution is 2.40. The van der Waals surface area contributed by atoms with E-state index in [1.54, 1.807) is 47.4 Å². The van der Waals surface area contributed by atoms with Gasteiger partial charge in [-0.05, 0) is 57.0 Å². The molecule has 0 aliphatic carbocycles. The minimum absolute atomic E-state index is 0.0484. The van der Waals surface area contributed by atoms with Crippen molar-refractivity contribution in [1.29, 1.82) is 0 Å². The zero-order chi connectivity index (χ0) is 23.3. The van der Waals surface area contributed by atoms with Crippen LogP contribution in [0.25, 0.3) is 10.8 Å². The number of nitrogens with one attached hydrogen (secondary N) is 1. The van der Waals surface area contributed by atoms with E-state index in [9.17, 15) is 18.0 Å². The standard InChI is InChI=1S/C25H25N3O4S/c1-3-27-21-14-13-20(18-6-4-7-19(23(18)21)25(27)30)26-24(29)22-8-5-15-28(22)33(31,32)17-11-9-16(2)10-12-17/h4,6-7,9-14,22H,3,5,8,15H2,1-2H3,(H,26,29)/t22-/m1/s1. The monoisotopic (exact) mass is 463 g/mol. The normalized spacial score (nSPS) is 18.3. The van der Waals surface area contributed by atoms with Crippen LogP contribution in [0.1, 0.15) is 35.7 Å². The quantitative estimate of drug-likeness (QED) is 0.621. The molecule has 0 aromatic heterocycles. The number of hydrogen-bond donors (Lipinski definition) is 1. The van der Waals surface area contributed by atoms with Gasteiger partial charge in [-0.2, -0.15) is 4.31 Å². The van der Waals surface area contributed by atoms with Crippen LogP contribution < -0.4 is 10.2 Å². The van der Waals surface area contributed by atoms with E-state index in [2.05, 4.69) is 5.32 Å². The maximum atomic E-state index is 13.3. The van der Waals surface area contributed by atoms with E-state index in [4.69, 9.17) is 0 Å². The van der Waals surface area contributed by atoms with Crippen LogP contribution in [0.15, 0.2) is 59.5 Å². The number of benzene rings is 3. The van der Waals surface area contributed by atoms with E-state index >= 15 is 0 Å². The Balaban J connectivity index is 1.46. The summed E-state index contributed by atoms with van der Waals surface area (Å²) in [6, 6.07) is 15.0. The van der Waals surface area contributed by atoms with Crippen molar-refractivity contribution in [2.45, 2.75) is 37.6 Å². The third-order valence-corrected chi connectivity index (χ3v) is 8.42. The van der Waals surface area contributed by atoms with Crippen LogP contribution in [-0.4, -0.2) is 43.7 Å². The summed E-state index contributed by atoms with van der Waals surface area (Å²) in [7, 11) is -3.78. The van der Waals surface area contributed by atoms with Crippen LogP contribution >= 0.6 is 0 Å². The van der Waals surface area contributed by atoms with Gasteiger partial charge >= 0.3 is 0 Å². The smallest absolute Gasteiger partial charge is 0.258 e. The molecule has 1 atom stereocenters. The molecule has 1 fully saturated rings. The number of aryl methyl sites for hydroxylation is 1. The molecule has 2 aliphatic rings. The zero-order valence-electron chi connectivity index (χ0n) is 18.5. The van der Waals surface area contributed by atoms with Gasteiger partial charge in [0.1, 0.15) is 6.04 Å². The van der Waals surface area contributed by atoms with Crippen molar-refractivity contribution >= 4 is 44.0 Å². The molecule has 7 nitrogen and oxygen atoms in total. The molecule has 2 aliphatic heterocycles. The lowest BCUT2D eigenvalue weighted by Crippen LogP contribution is -2.43. The average molecular weight is 464 g/mol. The zero-order valence-corrected chi connectivity index (χ0v) is 19.4. The Morgan fingerprint density at radius 3 is 2.58 bits per heavy atom. The first-order valence-electron chi connectivity index (χ1n) is 11.1. The summed E-state index contributed by atoms with van der Waals surface area (Å²) in [6.45, 7) is 4.68. The van der Waals surface area contributed by atoms with Crippen LogP contribution in [-0.2, 0) is 14.8 Å². The molecular weight excluding hydrogens is 438 g/mol. The van der Waals surface area contributed by atoms with Gasteiger partial charge in [0.2, 0.25) is 15.9 Å². The molecule has 0 bridgehead atoms. The minimum Gasteiger partial charge on any atom is -0.324 e. The molecule has 0 unspecified atom stereocenters. The Morgan fingerprint density at radius 1 is 1.09 bits per heavy atom. The number of anilines is 2. The highest BCUT2D eigenvalue weighted by molar-refractivity contribution is 7.89. The van der Waals surface area contributed by atoms with E-state index in [-0.39, 0.29) is 16.7 Å². The highest BCUT2D eigenvalue weighted by Gasteiger charge is 2.39. The topological polar surface area (TPSA) is 86.8 Å². The van der Waals surface area contributed by atoms with Crippen molar-refractivity contribution in [3.63, 3.8) is 0 Å². The third-order valence-electron chi connectivity index (χ3n) is 6.49. The largest absolute Gasteiger partial charge is 0.324 e. The Morgan fingerprint density at radius 2 is 1.85 bits per heavy atom. The Labute approximate surface area is 193 Å². The van der Waals surface area contributed by atoms with Crippen LogP contribution in [0.4, 0.5) is 11.4 Å². The van der Waals surface area contributed by atoms with Gasteiger partial charge in [-0.1, -0.05) is 29.8 Å². The van der Waals surface area contributed by atoms with Crippen molar-refractivity contribution in [1.82, 2.24) is 4.31 Å². The second-order valence-corrected chi connectivity index (χ2v) is 10.4. The van der Waals surface area contributed by atoms with Crippen molar-refractivity contribution in [2.24, 2.45) is 0 Å². The van der Waals surface area contributed by atoms with Gasteiger partial charge in [0, 0.05) is 35.1 Å². The lowest BCUT2D eigenvalue weighted by molar-refractivity contribution is -0.119. The van der Waals surface area contributed by atoms with Crippen LogP contribution in [0.5, 0.6) is 0 Å². The summed E-state index contributed by atoms with van der Waals surface area (Å²) < 4.78 is 27.8. The first-order valence-corrected chi connectivity index (χ1v) is 12.5. The number of amides is 2. The summed E-state index contributed by atoms with van der Waals surface area (Å²) in [4.78, 5) is 27.9. The number of nitrogens with zero attached hydrogens (tertiary/aromatic N) is 2. The first kappa shape index (κ1) is 21.6. The Kier molecular flexibility index (Phi) is 5.22. The van der Waals surface area contributed by atoms with Gasteiger partial charge in [0.15, 0.2) is 0 Å². The summed E-state index contributed by atoms with van der Waals surface area (Å²) in [6.07, 6.45) is 1.08. The average Bonchev–Trinajstić information content (AvgIpc) is 3.41. The van der Waals surface area contributed by atoms with Crippen molar-refractivity contribution in [3.8, 4) is 0 Å². The highest BCUT2D eigenvalue weighted by atomic mass is 32.2. The van der Waals surface area contributed by atoms with Gasteiger partial charge in [0.05, 0.1) is 10.6 Å². The van der Waals surface area contributed by atoms with E-state index in [1.807, 2.05) is 26.0 Å². The SMILES string of the molecule is CCN1C(=O)c2cccc3c(NC(=O)[C@H]4CCCN4S(=O)(=O)c4ccc(C)cc4)ccc1c23. The predicted octanol–water partition coefficient (Wildman–Crippen LogP) is 3.92. The number of hydrogen-bond acceptors (Lipinski definition) is 4. The first-order chi connectivity index (χ1) is 15.8. The van der Waals surface area contributed by atoms with Crippen molar-refractivity contribution < 1.29 is 18.0 Å². The molecule has 2 heterocycles. The van der Waals surface area contributed by atoms with Crippen molar-refractivity contribution in [3.05, 3.63) is 65.7 Å². The van der Waals surface area contributed by atoms with Gasteiger partial charge < -0.3 is 10.2 Å². The van der Waals surface area contributed by atoms with Crippen LogP contribution in [0, 0.1) is 6.92 Å². The molecule has 33 heavy (non-hydrogen) atoms. The van der Waals surface area contributed by atoms with Crippen molar-refractivity contribution in [2.75, 3.05) is 23.3 Å². The summed E-state index contributed by atoms with van der Waals surface area (Å²) in [5, 5.41) is 4.53. The number of carbonyl (C=O) groups is 2. The van der Waals surface area contributed by atoms with Crippen LogP contribution in [0.3, 0.4) is 0 Å². The van der Waals surface area contributed by atoms with Gasteiger partial charge in [-0.3, -0.25) is 9.59 Å². The number of sulfonamides is 1. The molecule has 5 rings (SSSR count). The van der Waals surface area contributed by atoms with Gasteiger partial charge in [-0.25, -0.2) is 8.42 Å². The van der Waals surface area contributed by atoms with E-state index in [0.717, 1.165) is 22.0 Å². The molecule has 170 valence electrons.